The topological polar surface area (TPSA) is 58.6 Å². The van der Waals surface area contributed by atoms with Gasteiger partial charge in [0, 0.05) is 12.1 Å². The van der Waals surface area contributed by atoms with Gasteiger partial charge in [0.2, 0.25) is 0 Å². The van der Waals surface area contributed by atoms with Crippen molar-refractivity contribution in [2.75, 3.05) is 25.5 Å². The highest BCUT2D eigenvalue weighted by molar-refractivity contribution is 6.34. The predicted octanol–water partition coefficient (Wildman–Crippen LogP) is 4.36. The molecule has 0 aliphatic carbocycles. The Balaban J connectivity index is 1.66. The van der Waals surface area contributed by atoms with Crippen LogP contribution in [0.5, 0.6) is 0 Å². The number of carbonyl (C=O) groups is 2. The van der Waals surface area contributed by atoms with Crippen molar-refractivity contribution in [2.45, 2.75) is 25.8 Å². The van der Waals surface area contributed by atoms with Crippen LogP contribution in [0.15, 0.2) is 42.5 Å². The second-order valence-corrected chi connectivity index (χ2v) is 7.08. The quantitative estimate of drug-likeness (QED) is 0.775. The maximum absolute atomic E-state index is 12.5. The number of hydrogen-bond acceptors (Lipinski definition) is 4. The number of ether oxygens (including phenoxy) is 1. The number of anilines is 1. The largest absolute Gasteiger partial charge is 0.465 e. The minimum Gasteiger partial charge on any atom is -0.465 e. The van der Waals surface area contributed by atoms with E-state index in [0.29, 0.717) is 21.8 Å². The number of piperidine rings is 1. The molecule has 1 aliphatic rings. The van der Waals surface area contributed by atoms with E-state index < -0.39 is 5.97 Å². The summed E-state index contributed by atoms with van der Waals surface area (Å²) in [5.41, 5.74) is 2.44. The minimum atomic E-state index is -0.482. The lowest BCUT2D eigenvalue weighted by Gasteiger charge is -2.26. The van der Waals surface area contributed by atoms with E-state index in [9.17, 15) is 9.59 Å². The number of hydrogen-bond donors (Lipinski definition) is 1. The van der Waals surface area contributed by atoms with Crippen LogP contribution in [0.25, 0.3) is 0 Å². The molecule has 27 heavy (non-hydrogen) atoms. The molecular weight excluding hydrogens is 364 g/mol. The van der Waals surface area contributed by atoms with Gasteiger partial charge in [-0.3, -0.25) is 9.69 Å². The summed E-state index contributed by atoms with van der Waals surface area (Å²) in [7, 11) is 1.31. The molecule has 1 aliphatic heterocycles. The molecule has 3 rings (SSSR count). The molecule has 0 aromatic heterocycles. The highest BCUT2D eigenvalue weighted by Gasteiger charge is 2.14. The van der Waals surface area contributed by atoms with E-state index in [1.54, 1.807) is 12.1 Å². The van der Waals surface area contributed by atoms with E-state index in [0.717, 1.165) is 19.6 Å². The van der Waals surface area contributed by atoms with Gasteiger partial charge in [0.1, 0.15) is 0 Å². The van der Waals surface area contributed by atoms with Crippen molar-refractivity contribution >= 4 is 29.2 Å². The van der Waals surface area contributed by atoms with E-state index in [-0.39, 0.29) is 5.91 Å². The Kier molecular flexibility index (Phi) is 6.48. The molecule has 1 heterocycles. The van der Waals surface area contributed by atoms with Gasteiger partial charge in [-0.15, -0.1) is 0 Å². The zero-order chi connectivity index (χ0) is 19.2. The van der Waals surface area contributed by atoms with Crippen LogP contribution in [0.2, 0.25) is 5.02 Å². The maximum atomic E-state index is 12.5. The fourth-order valence-electron chi connectivity index (χ4n) is 3.20. The zero-order valence-electron chi connectivity index (χ0n) is 15.3. The highest BCUT2D eigenvalue weighted by atomic mass is 35.5. The summed E-state index contributed by atoms with van der Waals surface area (Å²) in [5, 5.41) is 3.12. The van der Waals surface area contributed by atoms with Crippen LogP contribution in [0.4, 0.5) is 5.69 Å². The number of nitrogens with one attached hydrogen (secondary N) is 1. The molecule has 0 bridgehead atoms. The Morgan fingerprint density at radius 2 is 1.70 bits per heavy atom. The van der Waals surface area contributed by atoms with Crippen LogP contribution in [0, 0.1) is 0 Å². The molecule has 2 aromatic rings. The molecule has 1 amide bonds. The first-order valence-electron chi connectivity index (χ1n) is 9.07. The van der Waals surface area contributed by atoms with Gasteiger partial charge < -0.3 is 10.1 Å². The van der Waals surface area contributed by atoms with Gasteiger partial charge in [0.05, 0.1) is 23.4 Å². The van der Waals surface area contributed by atoms with Crippen LogP contribution in [0.3, 0.4) is 0 Å². The third-order valence-corrected chi connectivity index (χ3v) is 5.04. The van der Waals surface area contributed by atoms with E-state index in [1.807, 2.05) is 24.3 Å². The van der Waals surface area contributed by atoms with Gasteiger partial charge in [0.25, 0.3) is 5.91 Å². The highest BCUT2D eigenvalue weighted by Crippen LogP contribution is 2.24. The van der Waals surface area contributed by atoms with Crippen molar-refractivity contribution in [3.63, 3.8) is 0 Å². The molecule has 5 nitrogen and oxygen atoms in total. The molecule has 1 saturated heterocycles. The lowest BCUT2D eigenvalue weighted by molar-refractivity contribution is 0.0600. The molecule has 1 fully saturated rings. The number of halogens is 1. The Morgan fingerprint density at radius 3 is 2.37 bits per heavy atom. The van der Waals surface area contributed by atoms with Crippen molar-refractivity contribution in [3.8, 4) is 0 Å². The second kappa shape index (κ2) is 9.02. The van der Waals surface area contributed by atoms with E-state index in [4.69, 9.17) is 16.3 Å². The lowest BCUT2D eigenvalue weighted by atomic mass is 10.1. The van der Waals surface area contributed by atoms with Gasteiger partial charge in [-0.25, -0.2) is 4.79 Å². The smallest absolute Gasteiger partial charge is 0.337 e. The predicted molar refractivity (Wildman–Crippen MR) is 106 cm³/mol. The summed E-state index contributed by atoms with van der Waals surface area (Å²) in [4.78, 5) is 26.6. The monoisotopic (exact) mass is 386 g/mol. The number of amides is 1. The first-order chi connectivity index (χ1) is 13.1. The molecule has 6 heteroatoms. The van der Waals surface area contributed by atoms with Crippen molar-refractivity contribution < 1.29 is 14.3 Å². The number of esters is 1. The van der Waals surface area contributed by atoms with Crippen LogP contribution < -0.4 is 5.32 Å². The van der Waals surface area contributed by atoms with Gasteiger partial charge >= 0.3 is 5.97 Å². The van der Waals surface area contributed by atoms with Gasteiger partial charge in [-0.2, -0.15) is 0 Å². The molecule has 142 valence electrons. The average molecular weight is 387 g/mol. The summed E-state index contributed by atoms with van der Waals surface area (Å²) >= 11 is 6.14. The van der Waals surface area contributed by atoms with Gasteiger partial charge in [-0.1, -0.05) is 30.2 Å². The Hall–Kier alpha value is -2.37. The Labute approximate surface area is 164 Å². The van der Waals surface area contributed by atoms with Gasteiger partial charge in [0.15, 0.2) is 0 Å². The third-order valence-electron chi connectivity index (χ3n) is 4.71. The fourth-order valence-corrected chi connectivity index (χ4v) is 3.36. The molecule has 0 saturated carbocycles. The molecule has 1 N–H and O–H groups in total. The van der Waals surface area contributed by atoms with Crippen molar-refractivity contribution in [1.82, 2.24) is 4.90 Å². The van der Waals surface area contributed by atoms with E-state index in [2.05, 4.69) is 10.2 Å². The minimum absolute atomic E-state index is 0.275. The summed E-state index contributed by atoms with van der Waals surface area (Å²) in [6.45, 7) is 3.18. The summed E-state index contributed by atoms with van der Waals surface area (Å²) in [5.74, 6) is -0.757. The van der Waals surface area contributed by atoms with E-state index >= 15 is 0 Å². The lowest BCUT2D eigenvalue weighted by Crippen LogP contribution is -2.29. The number of benzene rings is 2. The first kappa shape index (κ1) is 19.4. The maximum Gasteiger partial charge on any atom is 0.337 e. The second-order valence-electron chi connectivity index (χ2n) is 6.67. The van der Waals surface area contributed by atoms with E-state index in [1.165, 1.54) is 38.0 Å². The Morgan fingerprint density at radius 1 is 1.04 bits per heavy atom. The molecule has 0 atom stereocenters. The van der Waals surface area contributed by atoms with Crippen LogP contribution in [-0.4, -0.2) is 37.0 Å². The molecule has 0 spiro atoms. The zero-order valence-corrected chi connectivity index (χ0v) is 16.1. The molecular formula is C21H23ClN2O3. The Bertz CT molecular complexity index is 815. The molecule has 0 radical (unpaired) electrons. The molecule has 2 aromatic carbocycles. The average Bonchev–Trinajstić information content (AvgIpc) is 2.70. The summed E-state index contributed by atoms with van der Waals surface area (Å²) in [6, 6.07) is 12.2. The van der Waals surface area contributed by atoms with Crippen LogP contribution in [-0.2, 0) is 11.3 Å². The number of methoxy groups -OCH3 is 1. The number of likely N-dealkylation sites (tertiary alicyclic amines) is 1. The summed E-state index contributed by atoms with van der Waals surface area (Å²) in [6.07, 6.45) is 3.83. The van der Waals surface area contributed by atoms with Crippen molar-refractivity contribution in [2.24, 2.45) is 0 Å². The molecule has 0 unspecified atom stereocenters. The fraction of sp³-hybridized carbons (Fsp3) is 0.333. The van der Waals surface area contributed by atoms with Crippen LogP contribution >= 0.6 is 11.6 Å². The van der Waals surface area contributed by atoms with Crippen LogP contribution in [0.1, 0.15) is 45.5 Å². The third kappa shape index (κ3) is 5.08. The normalized spacial score (nSPS) is 14.6. The SMILES string of the molecule is COC(=O)c1ccc(Cl)c(NC(=O)c2ccc(CN3CCCCC3)cc2)c1. The summed E-state index contributed by atoms with van der Waals surface area (Å²) < 4.78 is 4.70. The van der Waals surface area contributed by atoms with Gasteiger partial charge in [-0.05, 0) is 61.8 Å². The first-order valence-corrected chi connectivity index (χ1v) is 9.45. The number of rotatable bonds is 5. The van der Waals surface area contributed by atoms with Crippen molar-refractivity contribution in [3.05, 3.63) is 64.2 Å². The standard InChI is InChI=1S/C21H23ClN2O3/c1-27-21(26)17-9-10-18(22)19(13-17)23-20(25)16-7-5-15(6-8-16)14-24-11-3-2-4-12-24/h5-10,13H,2-4,11-12,14H2,1H3,(H,23,25). The number of nitrogens with zero attached hydrogens (tertiary/aromatic N) is 1. The van der Waals surface area contributed by atoms with Crippen molar-refractivity contribution in [1.29, 1.82) is 0 Å². The number of carbonyl (C=O) groups excluding carboxylic acids is 2.